The van der Waals surface area contributed by atoms with Gasteiger partial charge in [-0.2, -0.15) is 0 Å². The highest BCUT2D eigenvalue weighted by Gasteiger charge is 2.00. The zero-order valence-electron chi connectivity index (χ0n) is 15.1. The third-order valence-electron chi connectivity index (χ3n) is 4.08. The largest absolute Gasteiger partial charge is 0.494 e. The molecule has 2 nitrogen and oxygen atoms in total. The number of benzene rings is 2. The Labute approximate surface area is 146 Å². The van der Waals surface area contributed by atoms with Crippen molar-refractivity contribution in [3.05, 3.63) is 48.5 Å². The van der Waals surface area contributed by atoms with Crippen molar-refractivity contribution in [3.8, 4) is 22.6 Å². The Balaban J connectivity index is 1.83. The van der Waals surface area contributed by atoms with Crippen LogP contribution in [0.15, 0.2) is 48.5 Å². The first-order chi connectivity index (χ1) is 11.8. The van der Waals surface area contributed by atoms with E-state index in [0.717, 1.165) is 44.0 Å². The fourth-order valence-corrected chi connectivity index (χ4v) is 2.54. The summed E-state index contributed by atoms with van der Waals surface area (Å²) >= 11 is 0. The second kappa shape index (κ2) is 10.7. The summed E-state index contributed by atoms with van der Waals surface area (Å²) in [6.07, 6.45) is 7.20. The lowest BCUT2D eigenvalue weighted by atomic mass is 10.1. The minimum Gasteiger partial charge on any atom is -0.494 e. The highest BCUT2D eigenvalue weighted by molar-refractivity contribution is 5.64. The van der Waals surface area contributed by atoms with Gasteiger partial charge in [-0.15, -0.1) is 0 Å². The summed E-state index contributed by atoms with van der Waals surface area (Å²) < 4.78 is 11.5. The molecule has 24 heavy (non-hydrogen) atoms. The van der Waals surface area contributed by atoms with E-state index in [1.165, 1.54) is 30.4 Å². The predicted molar refractivity (Wildman–Crippen MR) is 102 cm³/mol. The summed E-state index contributed by atoms with van der Waals surface area (Å²) in [6, 6.07) is 16.7. The number of ether oxygens (including phenoxy) is 2. The Morgan fingerprint density at radius 1 is 0.542 bits per heavy atom. The van der Waals surface area contributed by atoms with Gasteiger partial charge in [0, 0.05) is 0 Å². The molecular weight excluding hydrogens is 296 g/mol. The molecule has 0 N–H and O–H groups in total. The molecule has 0 saturated carbocycles. The molecule has 0 unspecified atom stereocenters. The van der Waals surface area contributed by atoms with E-state index in [9.17, 15) is 0 Å². The van der Waals surface area contributed by atoms with Gasteiger partial charge in [0.2, 0.25) is 0 Å². The first-order valence-corrected chi connectivity index (χ1v) is 9.29. The van der Waals surface area contributed by atoms with Crippen LogP contribution in [-0.4, -0.2) is 13.2 Å². The molecule has 0 aliphatic carbocycles. The molecular formula is C22H30O2. The van der Waals surface area contributed by atoms with Crippen LogP contribution in [0.3, 0.4) is 0 Å². The van der Waals surface area contributed by atoms with Crippen LogP contribution in [0.1, 0.15) is 52.4 Å². The van der Waals surface area contributed by atoms with Crippen molar-refractivity contribution >= 4 is 0 Å². The molecule has 0 aliphatic rings. The van der Waals surface area contributed by atoms with E-state index < -0.39 is 0 Å². The van der Waals surface area contributed by atoms with Crippen LogP contribution in [0.2, 0.25) is 0 Å². The Hall–Kier alpha value is -1.96. The van der Waals surface area contributed by atoms with E-state index >= 15 is 0 Å². The third kappa shape index (κ3) is 6.27. The Morgan fingerprint density at radius 3 is 1.46 bits per heavy atom. The molecule has 130 valence electrons. The predicted octanol–water partition coefficient (Wildman–Crippen LogP) is 6.49. The van der Waals surface area contributed by atoms with Crippen LogP contribution >= 0.6 is 0 Å². The van der Waals surface area contributed by atoms with Gasteiger partial charge in [-0.1, -0.05) is 63.8 Å². The first kappa shape index (κ1) is 18.4. The van der Waals surface area contributed by atoms with Crippen LogP contribution in [-0.2, 0) is 0 Å². The normalized spacial score (nSPS) is 10.6. The summed E-state index contributed by atoms with van der Waals surface area (Å²) in [6.45, 7) is 6.00. The Bertz CT molecular complexity index is 558. The fraction of sp³-hybridized carbons (Fsp3) is 0.455. The van der Waals surface area contributed by atoms with Crippen LogP contribution in [0.25, 0.3) is 11.1 Å². The summed E-state index contributed by atoms with van der Waals surface area (Å²) in [5, 5.41) is 0. The summed E-state index contributed by atoms with van der Waals surface area (Å²) in [7, 11) is 0. The van der Waals surface area contributed by atoms with E-state index in [0.29, 0.717) is 0 Å². The average Bonchev–Trinajstić information content (AvgIpc) is 2.63. The van der Waals surface area contributed by atoms with Crippen molar-refractivity contribution in [2.45, 2.75) is 52.4 Å². The second-order valence-corrected chi connectivity index (χ2v) is 6.16. The molecule has 2 aromatic carbocycles. The molecule has 0 amide bonds. The first-order valence-electron chi connectivity index (χ1n) is 9.29. The molecule has 0 atom stereocenters. The molecule has 0 fully saturated rings. The maximum atomic E-state index is 5.80. The summed E-state index contributed by atoms with van der Waals surface area (Å²) in [4.78, 5) is 0. The van der Waals surface area contributed by atoms with Gasteiger partial charge in [-0.05, 0) is 48.2 Å². The molecule has 2 heteroatoms. The van der Waals surface area contributed by atoms with Gasteiger partial charge in [-0.25, -0.2) is 0 Å². The SMILES string of the molecule is CCCCCCOc1ccc(-c2ccc(OCCCC)cc2)cc1. The van der Waals surface area contributed by atoms with Crippen LogP contribution in [0.5, 0.6) is 11.5 Å². The number of unbranched alkanes of at least 4 members (excludes halogenated alkanes) is 4. The van der Waals surface area contributed by atoms with E-state index in [2.05, 4.69) is 50.2 Å². The standard InChI is InChI=1S/C22H30O2/c1-3-5-7-8-18-24-22-15-11-20(12-16-22)19-9-13-21(14-10-19)23-17-6-4-2/h9-16H,3-8,17-18H2,1-2H3. The summed E-state index contributed by atoms with van der Waals surface area (Å²) in [5.41, 5.74) is 2.40. The Kier molecular flexibility index (Phi) is 8.23. The number of hydrogen-bond acceptors (Lipinski definition) is 2. The number of hydrogen-bond donors (Lipinski definition) is 0. The maximum Gasteiger partial charge on any atom is 0.119 e. The van der Waals surface area contributed by atoms with E-state index in [-0.39, 0.29) is 0 Å². The van der Waals surface area contributed by atoms with Crippen molar-refractivity contribution in [2.24, 2.45) is 0 Å². The van der Waals surface area contributed by atoms with Gasteiger partial charge in [0.05, 0.1) is 13.2 Å². The van der Waals surface area contributed by atoms with Crippen LogP contribution in [0, 0.1) is 0 Å². The van der Waals surface area contributed by atoms with Crippen LogP contribution < -0.4 is 9.47 Å². The average molecular weight is 326 g/mol. The zero-order chi connectivity index (χ0) is 17.0. The Morgan fingerprint density at radius 2 is 1.00 bits per heavy atom. The molecule has 0 saturated heterocycles. The molecule has 2 aromatic rings. The molecule has 0 heterocycles. The van der Waals surface area contributed by atoms with Gasteiger partial charge >= 0.3 is 0 Å². The van der Waals surface area contributed by atoms with Crippen molar-refractivity contribution in [2.75, 3.05) is 13.2 Å². The lowest BCUT2D eigenvalue weighted by molar-refractivity contribution is 0.305. The van der Waals surface area contributed by atoms with Crippen molar-refractivity contribution < 1.29 is 9.47 Å². The fourth-order valence-electron chi connectivity index (χ4n) is 2.54. The van der Waals surface area contributed by atoms with E-state index in [1.807, 2.05) is 12.1 Å². The second-order valence-electron chi connectivity index (χ2n) is 6.16. The van der Waals surface area contributed by atoms with Gasteiger partial charge in [0.15, 0.2) is 0 Å². The molecule has 0 bridgehead atoms. The zero-order valence-corrected chi connectivity index (χ0v) is 15.1. The molecule has 0 aliphatic heterocycles. The van der Waals surface area contributed by atoms with Gasteiger partial charge in [0.1, 0.15) is 11.5 Å². The molecule has 0 spiro atoms. The highest BCUT2D eigenvalue weighted by Crippen LogP contribution is 2.25. The number of rotatable bonds is 11. The van der Waals surface area contributed by atoms with Gasteiger partial charge in [-0.3, -0.25) is 0 Å². The van der Waals surface area contributed by atoms with Crippen molar-refractivity contribution in [1.82, 2.24) is 0 Å². The smallest absolute Gasteiger partial charge is 0.119 e. The molecule has 0 radical (unpaired) electrons. The lowest BCUT2D eigenvalue weighted by Gasteiger charge is -2.09. The van der Waals surface area contributed by atoms with Crippen LogP contribution in [0.4, 0.5) is 0 Å². The lowest BCUT2D eigenvalue weighted by Crippen LogP contribution is -1.97. The molecule has 0 aromatic heterocycles. The van der Waals surface area contributed by atoms with Crippen molar-refractivity contribution in [1.29, 1.82) is 0 Å². The van der Waals surface area contributed by atoms with Crippen molar-refractivity contribution in [3.63, 3.8) is 0 Å². The topological polar surface area (TPSA) is 18.5 Å². The minimum atomic E-state index is 0.792. The summed E-state index contributed by atoms with van der Waals surface area (Å²) in [5.74, 6) is 1.90. The van der Waals surface area contributed by atoms with Gasteiger partial charge in [0.25, 0.3) is 0 Å². The quantitative estimate of drug-likeness (QED) is 0.439. The van der Waals surface area contributed by atoms with E-state index in [1.54, 1.807) is 0 Å². The maximum absolute atomic E-state index is 5.80. The highest BCUT2D eigenvalue weighted by atomic mass is 16.5. The van der Waals surface area contributed by atoms with Gasteiger partial charge < -0.3 is 9.47 Å². The third-order valence-corrected chi connectivity index (χ3v) is 4.08. The minimum absolute atomic E-state index is 0.792. The monoisotopic (exact) mass is 326 g/mol. The van der Waals surface area contributed by atoms with E-state index in [4.69, 9.17) is 9.47 Å². The molecule has 2 rings (SSSR count).